The highest BCUT2D eigenvalue weighted by Gasteiger charge is 2.25. The first kappa shape index (κ1) is 24.3. The number of carbonyl (C=O) groups is 1. The fourth-order valence-electron chi connectivity index (χ4n) is 4.22. The van der Waals surface area contributed by atoms with Crippen LogP contribution in [0.4, 0.5) is 10.2 Å². The third kappa shape index (κ3) is 4.45. The minimum absolute atomic E-state index is 0.0929. The number of fused-ring (bicyclic) bond motifs is 1. The Hall–Kier alpha value is -3.40. The molecular weight excluding hydrogens is 510 g/mol. The second kappa shape index (κ2) is 9.93. The smallest absolute Gasteiger partial charge is 0.209 e. The quantitative estimate of drug-likeness (QED) is 0.256. The number of amides is 1. The highest BCUT2D eigenvalue weighted by molar-refractivity contribution is 6.36. The van der Waals surface area contributed by atoms with E-state index in [9.17, 15) is 9.18 Å². The summed E-state index contributed by atoms with van der Waals surface area (Å²) in [6.07, 6.45) is 6.33. The van der Waals surface area contributed by atoms with Crippen LogP contribution in [-0.4, -0.2) is 41.0 Å². The molecule has 0 bridgehead atoms. The van der Waals surface area contributed by atoms with Crippen LogP contribution in [0.15, 0.2) is 47.5 Å². The van der Waals surface area contributed by atoms with Crippen molar-refractivity contribution < 1.29 is 23.1 Å². The lowest BCUT2D eigenvalue weighted by Gasteiger charge is -2.30. The molecule has 0 spiro atoms. The second-order valence-electron chi connectivity index (χ2n) is 8.35. The van der Waals surface area contributed by atoms with E-state index in [1.165, 1.54) is 12.1 Å². The van der Waals surface area contributed by atoms with E-state index in [1.54, 1.807) is 36.7 Å². The number of rotatable bonds is 6. The van der Waals surface area contributed by atoms with Crippen molar-refractivity contribution in [1.29, 1.82) is 0 Å². The number of hydrogen-bond acceptors (Lipinski definition) is 7. The Kier molecular flexibility index (Phi) is 6.70. The minimum Gasteiger partial charge on any atom is -0.478 e. The van der Waals surface area contributed by atoms with E-state index in [1.807, 2.05) is 6.07 Å². The van der Waals surface area contributed by atoms with Crippen LogP contribution in [0.25, 0.3) is 22.1 Å². The molecule has 1 aliphatic heterocycles. The van der Waals surface area contributed by atoms with Crippen LogP contribution in [0.2, 0.25) is 10.0 Å². The van der Waals surface area contributed by atoms with Gasteiger partial charge in [-0.05, 0) is 25.1 Å². The number of anilines is 1. The number of furan rings is 1. The van der Waals surface area contributed by atoms with Gasteiger partial charge in [0.2, 0.25) is 12.2 Å². The van der Waals surface area contributed by atoms with Crippen LogP contribution in [0.3, 0.4) is 0 Å². The van der Waals surface area contributed by atoms with Crippen molar-refractivity contribution in [2.24, 2.45) is 0 Å². The number of hydrogen-bond donors (Lipinski definition) is 1. The lowest BCUT2D eigenvalue weighted by Crippen LogP contribution is -2.37. The summed E-state index contributed by atoms with van der Waals surface area (Å²) < 4.78 is 31.8. The summed E-state index contributed by atoms with van der Waals surface area (Å²) in [5.74, 6) is -0.332. The number of ether oxygens (including phenoxy) is 2. The molecule has 0 aliphatic carbocycles. The average molecular weight is 531 g/mol. The molecule has 11 heteroatoms. The number of carbonyl (C=O) groups excluding carboxylic acids is 1. The Morgan fingerprint density at radius 1 is 1.31 bits per heavy atom. The van der Waals surface area contributed by atoms with Gasteiger partial charge in [0.25, 0.3) is 0 Å². The minimum atomic E-state index is -0.752. The first-order valence-corrected chi connectivity index (χ1v) is 11.8. The molecular formula is C25H21Cl2FN4O4. The zero-order valence-corrected chi connectivity index (χ0v) is 20.6. The molecule has 1 saturated heterocycles. The molecule has 36 heavy (non-hydrogen) atoms. The Morgan fingerprint density at radius 3 is 2.94 bits per heavy atom. The van der Waals surface area contributed by atoms with E-state index in [0.29, 0.717) is 36.2 Å². The maximum absolute atomic E-state index is 14.1. The molecule has 1 fully saturated rings. The summed E-state index contributed by atoms with van der Waals surface area (Å²) >= 11 is 12.4. The van der Waals surface area contributed by atoms with Crippen molar-refractivity contribution in [2.75, 3.05) is 25.4 Å². The molecule has 5 rings (SSSR count). The Morgan fingerprint density at radius 2 is 2.14 bits per heavy atom. The van der Waals surface area contributed by atoms with Gasteiger partial charge in [-0.3, -0.25) is 9.78 Å². The molecule has 3 aromatic heterocycles. The van der Waals surface area contributed by atoms with Gasteiger partial charge in [0.15, 0.2) is 11.4 Å². The Bertz CT molecular complexity index is 1450. The fourth-order valence-corrected chi connectivity index (χ4v) is 4.89. The number of nitrogens with zero attached hydrogens (tertiary/aromatic N) is 3. The molecule has 0 radical (unpaired) electrons. The molecule has 1 aromatic carbocycles. The van der Waals surface area contributed by atoms with Gasteiger partial charge < -0.3 is 24.5 Å². The van der Waals surface area contributed by atoms with Gasteiger partial charge in [-0.2, -0.15) is 0 Å². The van der Waals surface area contributed by atoms with E-state index >= 15 is 0 Å². The standard InChI is InChI=1S/C25H21Cl2FN4O4/c1-13(21-18(26)2-3-19(28)22(21)27)36-24-23-16(9-31-25(24)29)17(11-35-23)14-6-15(8-30-7-14)20-10-32(12-33)4-5-34-20/h2-3,6-9,11-13,20H,4-5,10H2,1H3,(H2,29,31)/t13-,20?/m1/s1. The summed E-state index contributed by atoms with van der Waals surface area (Å²) in [6, 6.07) is 4.53. The van der Waals surface area contributed by atoms with Crippen molar-refractivity contribution in [3.05, 3.63) is 70.0 Å². The summed E-state index contributed by atoms with van der Waals surface area (Å²) in [4.78, 5) is 21.5. The molecule has 1 amide bonds. The first-order chi connectivity index (χ1) is 17.4. The third-order valence-corrected chi connectivity index (χ3v) is 6.78. The number of nitrogens with two attached hydrogens (primary N) is 1. The summed E-state index contributed by atoms with van der Waals surface area (Å²) in [5, 5.41) is 0.768. The summed E-state index contributed by atoms with van der Waals surface area (Å²) in [7, 11) is 0. The van der Waals surface area contributed by atoms with Crippen LogP contribution >= 0.6 is 23.2 Å². The topological polar surface area (TPSA) is 104 Å². The van der Waals surface area contributed by atoms with E-state index in [-0.39, 0.29) is 33.3 Å². The van der Waals surface area contributed by atoms with Gasteiger partial charge in [0.05, 0.1) is 29.8 Å². The van der Waals surface area contributed by atoms with Crippen LogP contribution < -0.4 is 10.5 Å². The molecule has 186 valence electrons. The SMILES string of the molecule is C[C@@H](Oc1c(N)ncc2c(-c3cncc(C4CN(C=O)CCO4)c3)coc12)c1c(Cl)ccc(F)c1Cl. The van der Waals surface area contributed by atoms with E-state index in [2.05, 4.69) is 9.97 Å². The van der Waals surface area contributed by atoms with Crippen LogP contribution in [0.5, 0.6) is 5.75 Å². The van der Waals surface area contributed by atoms with Crippen LogP contribution in [0.1, 0.15) is 30.3 Å². The predicted molar refractivity (Wildman–Crippen MR) is 133 cm³/mol. The second-order valence-corrected chi connectivity index (χ2v) is 9.13. The normalized spacial score (nSPS) is 16.8. The Labute approximate surface area is 215 Å². The van der Waals surface area contributed by atoms with Gasteiger partial charge in [0.1, 0.15) is 18.0 Å². The zero-order chi connectivity index (χ0) is 25.4. The predicted octanol–water partition coefficient (Wildman–Crippen LogP) is 5.59. The molecule has 8 nitrogen and oxygen atoms in total. The van der Waals surface area contributed by atoms with Gasteiger partial charge >= 0.3 is 0 Å². The lowest BCUT2D eigenvalue weighted by molar-refractivity contribution is -0.125. The number of benzene rings is 1. The number of halogens is 3. The first-order valence-electron chi connectivity index (χ1n) is 11.1. The molecule has 1 unspecified atom stereocenters. The molecule has 2 atom stereocenters. The zero-order valence-electron chi connectivity index (χ0n) is 19.1. The van der Waals surface area contributed by atoms with Gasteiger partial charge in [-0.25, -0.2) is 9.37 Å². The highest BCUT2D eigenvalue weighted by atomic mass is 35.5. The number of morpholine rings is 1. The Balaban J connectivity index is 1.50. The van der Waals surface area contributed by atoms with Crippen molar-refractivity contribution >= 4 is 46.4 Å². The maximum atomic E-state index is 14.1. The average Bonchev–Trinajstić information content (AvgIpc) is 3.33. The van der Waals surface area contributed by atoms with Crippen molar-refractivity contribution in [1.82, 2.24) is 14.9 Å². The van der Waals surface area contributed by atoms with Crippen LogP contribution in [-0.2, 0) is 9.53 Å². The third-order valence-electron chi connectivity index (χ3n) is 6.07. The fraction of sp³-hybridized carbons (Fsp3) is 0.240. The van der Waals surface area contributed by atoms with Crippen molar-refractivity contribution in [3.63, 3.8) is 0 Å². The molecule has 1 aliphatic rings. The number of aromatic nitrogens is 2. The number of nitrogen functional groups attached to an aromatic ring is 1. The van der Waals surface area contributed by atoms with Crippen molar-refractivity contribution in [2.45, 2.75) is 19.1 Å². The lowest BCUT2D eigenvalue weighted by atomic mass is 10.0. The van der Waals surface area contributed by atoms with Crippen molar-refractivity contribution in [3.8, 4) is 16.9 Å². The van der Waals surface area contributed by atoms with Gasteiger partial charge in [0, 0.05) is 52.4 Å². The monoisotopic (exact) mass is 530 g/mol. The van der Waals surface area contributed by atoms with Gasteiger partial charge in [-0.15, -0.1) is 0 Å². The van der Waals surface area contributed by atoms with E-state index < -0.39 is 11.9 Å². The molecule has 4 heterocycles. The maximum Gasteiger partial charge on any atom is 0.209 e. The molecule has 0 saturated carbocycles. The van der Waals surface area contributed by atoms with E-state index in [4.69, 9.17) is 42.8 Å². The summed E-state index contributed by atoms with van der Waals surface area (Å²) in [6.45, 7) is 3.12. The highest BCUT2D eigenvalue weighted by Crippen LogP contribution is 2.41. The van der Waals surface area contributed by atoms with Gasteiger partial charge in [-0.1, -0.05) is 23.2 Å². The molecule has 4 aromatic rings. The summed E-state index contributed by atoms with van der Waals surface area (Å²) in [5.41, 5.74) is 9.08. The van der Waals surface area contributed by atoms with Crippen LogP contribution in [0, 0.1) is 5.82 Å². The van der Waals surface area contributed by atoms with E-state index in [0.717, 1.165) is 17.5 Å². The molecule has 2 N–H and O–H groups in total. The number of pyridine rings is 2. The largest absolute Gasteiger partial charge is 0.478 e.